The average molecular weight is 351 g/mol. The third kappa shape index (κ3) is 3.27. The third-order valence-corrected chi connectivity index (χ3v) is 4.42. The molecule has 0 amide bonds. The van der Waals surface area contributed by atoms with Crippen molar-refractivity contribution < 1.29 is 13.9 Å². The maximum absolute atomic E-state index is 12.2. The lowest BCUT2D eigenvalue weighted by Gasteiger charge is -2.02. The molecule has 2 heterocycles. The second-order valence-electron chi connectivity index (χ2n) is 5.48. The Bertz CT molecular complexity index is 1050. The van der Waals surface area contributed by atoms with Gasteiger partial charge in [-0.15, -0.1) is 21.5 Å². The van der Waals surface area contributed by atoms with Crippen LogP contribution in [-0.2, 0) is 11.3 Å². The summed E-state index contributed by atoms with van der Waals surface area (Å²) in [5, 5.41) is 7.93. The predicted molar refractivity (Wildman–Crippen MR) is 93.2 cm³/mol. The fourth-order valence-corrected chi connectivity index (χ4v) is 3.12. The van der Waals surface area contributed by atoms with Crippen molar-refractivity contribution in [2.45, 2.75) is 13.5 Å². The number of fused-ring (bicyclic) bond motifs is 1. The molecule has 0 saturated carbocycles. The van der Waals surface area contributed by atoms with E-state index in [0.29, 0.717) is 11.5 Å². The molecule has 25 heavy (non-hydrogen) atoms. The lowest BCUT2D eigenvalue weighted by molar-refractivity contribution is 0.0439. The van der Waals surface area contributed by atoms with Gasteiger partial charge < -0.3 is 9.15 Å². The molecule has 0 unspecified atom stereocenters. The van der Waals surface area contributed by atoms with E-state index in [1.165, 1.54) is 11.3 Å². The van der Waals surface area contributed by atoms with Gasteiger partial charge in [-0.25, -0.2) is 9.78 Å². The van der Waals surface area contributed by atoms with E-state index in [-0.39, 0.29) is 12.5 Å². The zero-order valence-corrected chi connectivity index (χ0v) is 14.1. The minimum Gasteiger partial charge on any atom is -0.452 e. The van der Waals surface area contributed by atoms with E-state index in [4.69, 9.17) is 9.15 Å². The zero-order chi connectivity index (χ0) is 17.2. The number of hydrogen-bond acceptors (Lipinski definition) is 7. The van der Waals surface area contributed by atoms with Crippen molar-refractivity contribution in [2.75, 3.05) is 0 Å². The van der Waals surface area contributed by atoms with Crippen LogP contribution in [-0.4, -0.2) is 21.2 Å². The monoisotopic (exact) mass is 351 g/mol. The molecule has 0 saturated heterocycles. The summed E-state index contributed by atoms with van der Waals surface area (Å²) in [6, 6.07) is 13.0. The summed E-state index contributed by atoms with van der Waals surface area (Å²) in [5.74, 6) is 0.218. The molecule has 0 atom stereocenters. The molecule has 2 aromatic carbocycles. The van der Waals surface area contributed by atoms with Crippen molar-refractivity contribution in [3.05, 3.63) is 65.0 Å². The summed E-state index contributed by atoms with van der Waals surface area (Å²) >= 11 is 1.48. The minimum absolute atomic E-state index is 0.0711. The second kappa shape index (κ2) is 6.45. The van der Waals surface area contributed by atoms with Crippen LogP contribution in [0.3, 0.4) is 0 Å². The molecule has 0 bridgehead atoms. The molecule has 0 spiro atoms. The van der Waals surface area contributed by atoms with Gasteiger partial charge in [0.25, 0.3) is 5.89 Å². The lowest BCUT2D eigenvalue weighted by atomic mass is 10.1. The van der Waals surface area contributed by atoms with Gasteiger partial charge in [0.2, 0.25) is 5.89 Å². The highest BCUT2D eigenvalue weighted by Gasteiger charge is 2.13. The first-order valence-electron chi connectivity index (χ1n) is 7.59. The Morgan fingerprint density at radius 3 is 3.00 bits per heavy atom. The van der Waals surface area contributed by atoms with Gasteiger partial charge in [0.15, 0.2) is 6.61 Å². The normalized spacial score (nSPS) is 10.9. The Morgan fingerprint density at radius 1 is 1.20 bits per heavy atom. The molecule has 0 aliphatic rings. The van der Waals surface area contributed by atoms with Crippen LogP contribution in [0.5, 0.6) is 0 Å². The van der Waals surface area contributed by atoms with Gasteiger partial charge in [-0.3, -0.25) is 0 Å². The summed E-state index contributed by atoms with van der Waals surface area (Å²) in [4.78, 5) is 16.4. The number of thiazole rings is 1. The summed E-state index contributed by atoms with van der Waals surface area (Å²) in [7, 11) is 0. The van der Waals surface area contributed by atoms with Gasteiger partial charge in [0.05, 0.1) is 21.3 Å². The van der Waals surface area contributed by atoms with Crippen molar-refractivity contribution in [1.29, 1.82) is 0 Å². The number of aryl methyl sites for hydroxylation is 1. The third-order valence-electron chi connectivity index (χ3n) is 3.63. The number of nitrogens with zero attached hydrogens (tertiary/aromatic N) is 3. The fourth-order valence-electron chi connectivity index (χ4n) is 2.40. The highest BCUT2D eigenvalue weighted by molar-refractivity contribution is 7.16. The molecule has 2 aromatic heterocycles. The van der Waals surface area contributed by atoms with Gasteiger partial charge in [-0.2, -0.15) is 0 Å². The van der Waals surface area contributed by atoms with Crippen LogP contribution in [0.1, 0.15) is 21.8 Å². The number of ether oxygens (including phenoxy) is 1. The van der Waals surface area contributed by atoms with Gasteiger partial charge in [0.1, 0.15) is 0 Å². The highest BCUT2D eigenvalue weighted by Crippen LogP contribution is 2.21. The quantitative estimate of drug-likeness (QED) is 0.517. The topological polar surface area (TPSA) is 78.1 Å². The number of aromatic nitrogens is 3. The highest BCUT2D eigenvalue weighted by atomic mass is 32.1. The molecule has 4 rings (SSSR count). The molecule has 7 heteroatoms. The molecule has 0 aliphatic heterocycles. The Kier molecular flexibility index (Phi) is 3.99. The van der Waals surface area contributed by atoms with E-state index in [0.717, 1.165) is 21.3 Å². The molecular weight excluding hydrogens is 338 g/mol. The summed E-state index contributed by atoms with van der Waals surface area (Å²) < 4.78 is 11.8. The van der Waals surface area contributed by atoms with Crippen LogP contribution >= 0.6 is 11.3 Å². The van der Waals surface area contributed by atoms with Crippen LogP contribution in [0, 0.1) is 6.92 Å². The molecule has 6 nitrogen and oxygen atoms in total. The molecule has 0 aliphatic carbocycles. The van der Waals surface area contributed by atoms with Crippen molar-refractivity contribution in [2.24, 2.45) is 0 Å². The van der Waals surface area contributed by atoms with E-state index >= 15 is 0 Å². The van der Waals surface area contributed by atoms with Gasteiger partial charge in [-0.1, -0.05) is 17.7 Å². The number of esters is 1. The van der Waals surface area contributed by atoms with Crippen LogP contribution in [0.2, 0.25) is 0 Å². The van der Waals surface area contributed by atoms with Crippen molar-refractivity contribution in [3.8, 4) is 11.5 Å². The van der Waals surface area contributed by atoms with Crippen LogP contribution in [0.4, 0.5) is 0 Å². The maximum atomic E-state index is 12.2. The predicted octanol–water partition coefficient (Wildman–Crippen LogP) is 4.01. The van der Waals surface area contributed by atoms with Gasteiger partial charge in [0, 0.05) is 5.56 Å². The molecule has 0 radical (unpaired) electrons. The Morgan fingerprint density at radius 2 is 2.12 bits per heavy atom. The summed E-state index contributed by atoms with van der Waals surface area (Å²) in [6.45, 7) is 1.92. The van der Waals surface area contributed by atoms with Gasteiger partial charge in [-0.05, 0) is 37.3 Å². The minimum atomic E-state index is -0.439. The van der Waals surface area contributed by atoms with Crippen molar-refractivity contribution in [3.63, 3.8) is 0 Å². The van der Waals surface area contributed by atoms with Crippen LogP contribution in [0.15, 0.2) is 52.4 Å². The molecular formula is C18H13N3O3S. The first-order chi connectivity index (χ1) is 12.2. The van der Waals surface area contributed by atoms with E-state index in [9.17, 15) is 4.79 Å². The SMILES string of the molecule is Cc1cccc(-c2nnc(COC(=O)c3ccc4ncsc4c3)o2)c1. The van der Waals surface area contributed by atoms with Crippen LogP contribution in [0.25, 0.3) is 21.7 Å². The molecule has 4 aromatic rings. The standard InChI is InChI=1S/C18H13N3O3S/c1-11-3-2-4-12(7-11)17-21-20-16(24-17)9-23-18(22)13-5-6-14-15(8-13)25-10-19-14/h2-8,10H,9H2,1H3. The molecule has 124 valence electrons. The Balaban J connectivity index is 1.45. The number of hydrogen-bond donors (Lipinski definition) is 0. The fraction of sp³-hybridized carbons (Fsp3) is 0.111. The Labute approximate surface area is 147 Å². The number of carbonyl (C=O) groups excluding carboxylic acids is 1. The first kappa shape index (κ1) is 15.5. The van der Waals surface area contributed by atoms with Crippen molar-refractivity contribution in [1.82, 2.24) is 15.2 Å². The second-order valence-corrected chi connectivity index (χ2v) is 6.37. The lowest BCUT2D eigenvalue weighted by Crippen LogP contribution is -2.05. The number of carbonyl (C=O) groups is 1. The Hall–Kier alpha value is -3.06. The zero-order valence-electron chi connectivity index (χ0n) is 13.3. The molecule has 0 N–H and O–H groups in total. The van der Waals surface area contributed by atoms with Crippen molar-refractivity contribution >= 4 is 27.5 Å². The number of rotatable bonds is 4. The first-order valence-corrected chi connectivity index (χ1v) is 8.47. The van der Waals surface area contributed by atoms with E-state index in [2.05, 4.69) is 15.2 Å². The van der Waals surface area contributed by atoms with E-state index in [1.54, 1.807) is 23.7 Å². The number of benzene rings is 2. The molecule has 0 fully saturated rings. The van der Waals surface area contributed by atoms with Gasteiger partial charge >= 0.3 is 5.97 Å². The average Bonchev–Trinajstić information content (AvgIpc) is 3.28. The summed E-state index contributed by atoms with van der Waals surface area (Å²) in [6.07, 6.45) is 0. The maximum Gasteiger partial charge on any atom is 0.338 e. The largest absolute Gasteiger partial charge is 0.452 e. The van der Waals surface area contributed by atoms with E-state index in [1.807, 2.05) is 31.2 Å². The summed E-state index contributed by atoms with van der Waals surface area (Å²) in [5.41, 5.74) is 5.00. The smallest absolute Gasteiger partial charge is 0.338 e. The van der Waals surface area contributed by atoms with Crippen LogP contribution < -0.4 is 0 Å². The van der Waals surface area contributed by atoms with E-state index < -0.39 is 5.97 Å².